The summed E-state index contributed by atoms with van der Waals surface area (Å²) >= 11 is 3.58. The first-order valence-corrected chi connectivity index (χ1v) is 13.3. The summed E-state index contributed by atoms with van der Waals surface area (Å²) in [4.78, 5) is 4.87. The zero-order valence-electron chi connectivity index (χ0n) is 20.6. The van der Waals surface area contributed by atoms with Crippen molar-refractivity contribution in [1.82, 2.24) is 19.8 Å². The van der Waals surface area contributed by atoms with Crippen LogP contribution in [-0.2, 0) is 5.41 Å². The molecule has 0 spiro atoms. The maximum atomic E-state index is 4.66. The second-order valence-electron chi connectivity index (χ2n) is 9.60. The second-order valence-corrected chi connectivity index (χ2v) is 11.9. The largest absolute Gasteiger partial charge is 0.288 e. The minimum absolute atomic E-state index is 0.136. The van der Waals surface area contributed by atoms with Crippen molar-refractivity contribution in [2.75, 3.05) is 0 Å². The number of aromatic amines is 1. The normalized spacial score (nSPS) is 12.1. The summed E-state index contributed by atoms with van der Waals surface area (Å²) in [6.45, 7) is 13.3. The molecule has 0 aliphatic rings. The Morgan fingerprint density at radius 3 is 2.53 bits per heavy atom. The van der Waals surface area contributed by atoms with Crippen LogP contribution in [0, 0.1) is 20.8 Å². The van der Waals surface area contributed by atoms with E-state index < -0.39 is 0 Å². The van der Waals surface area contributed by atoms with Crippen molar-refractivity contribution in [3.63, 3.8) is 0 Å². The van der Waals surface area contributed by atoms with Gasteiger partial charge in [0.05, 0.1) is 15.5 Å². The second kappa shape index (κ2) is 8.75. The van der Waals surface area contributed by atoms with Crippen LogP contribution in [0.1, 0.15) is 48.8 Å². The molecule has 0 bridgehead atoms. The predicted octanol–water partition coefficient (Wildman–Crippen LogP) is 8.22. The number of H-pyrrole nitrogens is 1. The number of aromatic nitrogens is 4. The number of thiophene rings is 1. The van der Waals surface area contributed by atoms with Crippen molar-refractivity contribution in [1.29, 1.82) is 0 Å². The third-order valence-corrected chi connectivity index (χ3v) is 8.91. The van der Waals surface area contributed by atoms with Gasteiger partial charge in [-0.3, -0.25) is 5.10 Å². The van der Waals surface area contributed by atoms with Gasteiger partial charge in [0, 0.05) is 15.3 Å². The van der Waals surface area contributed by atoms with Gasteiger partial charge in [-0.2, -0.15) is 0 Å². The van der Waals surface area contributed by atoms with Gasteiger partial charge in [0.1, 0.15) is 0 Å². The highest BCUT2D eigenvalue weighted by molar-refractivity contribution is 7.99. The first-order chi connectivity index (χ1) is 16.3. The Morgan fingerprint density at radius 1 is 1.00 bits per heavy atom. The molecule has 0 aliphatic carbocycles. The monoisotopic (exact) mass is 486 g/mol. The van der Waals surface area contributed by atoms with Crippen LogP contribution in [0.5, 0.6) is 0 Å². The summed E-state index contributed by atoms with van der Waals surface area (Å²) in [7, 11) is 0. The van der Waals surface area contributed by atoms with Gasteiger partial charge in [-0.15, -0.1) is 21.5 Å². The molecule has 3 heterocycles. The molecule has 0 aliphatic heterocycles. The summed E-state index contributed by atoms with van der Waals surface area (Å²) < 4.78 is 2.04. The SMILES string of the molecule is CCC(C)(C)c1ccc(C)c(Sc2c(-c3ccc(C)s3)[nH]n3c(-c4cccc(C)c4)nnc23)c1. The molecule has 0 saturated heterocycles. The highest BCUT2D eigenvalue weighted by atomic mass is 32.2. The Balaban J connectivity index is 1.68. The average Bonchev–Trinajstić information content (AvgIpc) is 3.51. The van der Waals surface area contributed by atoms with Crippen LogP contribution >= 0.6 is 23.1 Å². The Labute approximate surface area is 209 Å². The fourth-order valence-corrected chi connectivity index (χ4v) is 6.11. The molecule has 0 amide bonds. The lowest BCUT2D eigenvalue weighted by molar-refractivity contribution is 0.505. The van der Waals surface area contributed by atoms with Gasteiger partial charge in [-0.1, -0.05) is 68.4 Å². The number of nitrogens with one attached hydrogen (secondary N) is 1. The first kappa shape index (κ1) is 22.9. The third-order valence-electron chi connectivity index (χ3n) is 6.65. The predicted molar refractivity (Wildman–Crippen MR) is 144 cm³/mol. The molecule has 0 saturated carbocycles. The van der Waals surface area contributed by atoms with E-state index in [9.17, 15) is 0 Å². The number of hydrogen-bond donors (Lipinski definition) is 1. The van der Waals surface area contributed by atoms with Crippen LogP contribution in [0.4, 0.5) is 0 Å². The molecule has 174 valence electrons. The van der Waals surface area contributed by atoms with Crippen LogP contribution in [-0.4, -0.2) is 19.8 Å². The van der Waals surface area contributed by atoms with Gasteiger partial charge in [0.2, 0.25) is 0 Å². The van der Waals surface area contributed by atoms with Crippen LogP contribution < -0.4 is 0 Å². The zero-order valence-corrected chi connectivity index (χ0v) is 22.2. The Bertz CT molecular complexity index is 1490. The van der Waals surface area contributed by atoms with Gasteiger partial charge in [0.15, 0.2) is 11.5 Å². The van der Waals surface area contributed by atoms with Gasteiger partial charge in [0.25, 0.3) is 0 Å². The molecule has 34 heavy (non-hydrogen) atoms. The maximum Gasteiger partial charge on any atom is 0.192 e. The highest BCUT2D eigenvalue weighted by Gasteiger charge is 2.24. The van der Waals surface area contributed by atoms with Gasteiger partial charge < -0.3 is 0 Å². The minimum atomic E-state index is 0.136. The summed E-state index contributed by atoms with van der Waals surface area (Å²) in [5.41, 5.74) is 7.00. The summed E-state index contributed by atoms with van der Waals surface area (Å²) in [6.07, 6.45) is 1.10. The van der Waals surface area contributed by atoms with Gasteiger partial charge in [-0.05, 0) is 68.0 Å². The van der Waals surface area contributed by atoms with E-state index in [-0.39, 0.29) is 5.41 Å². The molecule has 0 unspecified atom stereocenters. The summed E-state index contributed by atoms with van der Waals surface area (Å²) in [6, 6.07) is 19.7. The van der Waals surface area contributed by atoms with Gasteiger partial charge in [-0.25, -0.2) is 4.52 Å². The molecule has 5 rings (SSSR count). The third kappa shape index (κ3) is 4.10. The van der Waals surface area contributed by atoms with Gasteiger partial charge >= 0.3 is 0 Å². The van der Waals surface area contributed by atoms with Crippen molar-refractivity contribution < 1.29 is 0 Å². The number of hydrogen-bond acceptors (Lipinski definition) is 4. The van der Waals surface area contributed by atoms with E-state index in [1.807, 2.05) is 4.52 Å². The average molecular weight is 487 g/mol. The van der Waals surface area contributed by atoms with E-state index >= 15 is 0 Å². The lowest BCUT2D eigenvalue weighted by atomic mass is 9.82. The first-order valence-electron chi connectivity index (χ1n) is 11.7. The lowest BCUT2D eigenvalue weighted by Crippen LogP contribution is -2.15. The fourth-order valence-electron chi connectivity index (χ4n) is 4.06. The molecular weight excluding hydrogens is 456 g/mol. The quantitative estimate of drug-likeness (QED) is 0.263. The molecular formula is C28H30N4S2. The number of rotatable bonds is 6. The lowest BCUT2D eigenvalue weighted by Gasteiger charge is -2.24. The van der Waals surface area contributed by atoms with Crippen molar-refractivity contribution in [2.45, 2.75) is 63.2 Å². The van der Waals surface area contributed by atoms with E-state index in [2.05, 4.69) is 111 Å². The van der Waals surface area contributed by atoms with E-state index in [1.54, 1.807) is 23.1 Å². The number of fused-ring (bicyclic) bond motifs is 1. The molecule has 0 atom stereocenters. The highest BCUT2D eigenvalue weighted by Crippen LogP contribution is 2.43. The summed E-state index contributed by atoms with van der Waals surface area (Å²) in [5.74, 6) is 0.831. The van der Waals surface area contributed by atoms with Crippen molar-refractivity contribution >= 4 is 28.7 Å². The standard InChI is InChI=1S/C28H30N4S2/c1-7-28(5,6)21-13-11-18(3)23(16-21)34-25-24(22-14-12-19(4)33-22)31-32-26(29-30-27(25)32)20-10-8-9-17(2)15-20/h8-16,31H,7H2,1-6H3. The molecule has 1 N–H and O–H groups in total. The molecule has 2 aromatic carbocycles. The fraction of sp³-hybridized carbons (Fsp3) is 0.286. The van der Waals surface area contributed by atoms with E-state index in [1.165, 1.54) is 31.3 Å². The minimum Gasteiger partial charge on any atom is -0.288 e. The summed E-state index contributed by atoms with van der Waals surface area (Å²) in [5, 5.41) is 12.9. The van der Waals surface area contributed by atoms with Crippen LogP contribution in [0.15, 0.2) is 64.4 Å². The van der Waals surface area contributed by atoms with Crippen LogP contribution in [0.25, 0.3) is 27.6 Å². The molecule has 3 aromatic heterocycles. The molecule has 6 heteroatoms. The van der Waals surface area contributed by atoms with E-state index in [0.717, 1.165) is 34.0 Å². The molecule has 5 aromatic rings. The Kier molecular flexibility index (Phi) is 5.90. The molecule has 0 radical (unpaired) electrons. The van der Waals surface area contributed by atoms with E-state index in [0.29, 0.717) is 0 Å². The number of aryl methyl sites for hydroxylation is 3. The Hall–Kier alpha value is -2.83. The maximum absolute atomic E-state index is 4.66. The zero-order chi connectivity index (χ0) is 24.0. The topological polar surface area (TPSA) is 46.0 Å². The van der Waals surface area contributed by atoms with Crippen LogP contribution in [0.2, 0.25) is 0 Å². The van der Waals surface area contributed by atoms with E-state index in [4.69, 9.17) is 0 Å². The van der Waals surface area contributed by atoms with Crippen molar-refractivity contribution in [3.8, 4) is 22.0 Å². The van der Waals surface area contributed by atoms with Crippen LogP contribution in [0.3, 0.4) is 0 Å². The molecule has 4 nitrogen and oxygen atoms in total. The number of benzene rings is 2. The molecule has 0 fully saturated rings. The smallest absolute Gasteiger partial charge is 0.192 e. The Morgan fingerprint density at radius 2 is 1.82 bits per heavy atom. The van der Waals surface area contributed by atoms with Crippen molar-refractivity contribution in [2.24, 2.45) is 0 Å². The number of nitrogens with zero attached hydrogens (tertiary/aromatic N) is 3. The van der Waals surface area contributed by atoms with Crippen molar-refractivity contribution in [3.05, 3.63) is 76.2 Å².